The van der Waals surface area contributed by atoms with Gasteiger partial charge in [0.15, 0.2) is 0 Å². The molecule has 2 rings (SSSR count). The van der Waals surface area contributed by atoms with Crippen LogP contribution in [0.4, 0.5) is 10.5 Å². The number of rotatable bonds is 8. The first kappa shape index (κ1) is 20.1. The third-order valence-corrected chi connectivity index (χ3v) is 4.62. The minimum absolute atomic E-state index is 0.0578. The number of carbonyl (C=O) groups is 2. The maximum atomic E-state index is 12.2. The van der Waals surface area contributed by atoms with Gasteiger partial charge in [0.25, 0.3) is 0 Å². The van der Waals surface area contributed by atoms with Gasteiger partial charge in [0.05, 0.1) is 11.8 Å². The summed E-state index contributed by atoms with van der Waals surface area (Å²) < 4.78 is 6.03. The van der Waals surface area contributed by atoms with Crippen LogP contribution in [-0.2, 0) is 4.79 Å². The molecule has 0 spiro atoms. The zero-order valence-electron chi connectivity index (χ0n) is 16.1. The number of benzene rings is 1. The summed E-state index contributed by atoms with van der Waals surface area (Å²) in [5.41, 5.74) is 0.685. The molecule has 0 unspecified atom stereocenters. The Hall–Kier alpha value is -2.24. The smallest absolute Gasteiger partial charge is 0.319 e. The van der Waals surface area contributed by atoms with Gasteiger partial charge >= 0.3 is 6.03 Å². The number of nitrogens with zero attached hydrogens (tertiary/aromatic N) is 1. The number of ether oxygens (including phenoxy) is 1. The number of hydrogen-bond donors (Lipinski definition) is 2. The molecule has 1 aromatic carbocycles. The highest BCUT2D eigenvalue weighted by molar-refractivity contribution is 5.90. The first-order chi connectivity index (χ1) is 12.5. The van der Waals surface area contributed by atoms with Gasteiger partial charge < -0.3 is 20.3 Å². The number of para-hydroxylation sites is 2. The normalized spacial score (nSPS) is 14.3. The maximum absolute atomic E-state index is 12.2. The molecule has 0 saturated heterocycles. The standard InChI is InChI=1S/C20H31N3O3/c1-15(2)23(16(3)24)14-8-13-21-20(25)22-18-11-6-7-12-19(18)26-17-9-4-5-10-17/h6-7,11-12,15,17H,4-5,8-10,13-14H2,1-3H3,(H2,21,22,25). The van der Waals surface area contributed by atoms with E-state index < -0.39 is 0 Å². The van der Waals surface area contributed by atoms with E-state index in [1.54, 1.807) is 11.8 Å². The first-order valence-corrected chi connectivity index (χ1v) is 9.55. The van der Waals surface area contributed by atoms with Gasteiger partial charge in [0.2, 0.25) is 5.91 Å². The molecule has 0 aliphatic heterocycles. The third-order valence-electron chi connectivity index (χ3n) is 4.62. The molecule has 6 heteroatoms. The van der Waals surface area contributed by atoms with Crippen LogP contribution in [0.1, 0.15) is 52.9 Å². The van der Waals surface area contributed by atoms with Crippen LogP contribution in [0, 0.1) is 0 Å². The molecule has 1 aromatic rings. The Morgan fingerprint density at radius 3 is 2.58 bits per heavy atom. The summed E-state index contributed by atoms with van der Waals surface area (Å²) in [5, 5.41) is 5.70. The van der Waals surface area contributed by atoms with Crippen LogP contribution in [-0.4, -0.2) is 42.1 Å². The van der Waals surface area contributed by atoms with E-state index in [0.717, 1.165) is 18.6 Å². The van der Waals surface area contributed by atoms with Gasteiger partial charge in [-0.2, -0.15) is 0 Å². The topological polar surface area (TPSA) is 70.7 Å². The van der Waals surface area contributed by atoms with Crippen molar-refractivity contribution in [1.29, 1.82) is 0 Å². The monoisotopic (exact) mass is 361 g/mol. The molecule has 0 aromatic heterocycles. The van der Waals surface area contributed by atoms with Crippen molar-refractivity contribution in [1.82, 2.24) is 10.2 Å². The molecular weight excluding hydrogens is 330 g/mol. The van der Waals surface area contributed by atoms with Gasteiger partial charge in [-0.25, -0.2) is 4.79 Å². The van der Waals surface area contributed by atoms with Crippen molar-refractivity contribution < 1.29 is 14.3 Å². The van der Waals surface area contributed by atoms with Crippen molar-refractivity contribution in [2.45, 2.75) is 65.0 Å². The Bertz CT molecular complexity index is 598. The van der Waals surface area contributed by atoms with Crippen molar-refractivity contribution in [3.63, 3.8) is 0 Å². The number of nitrogens with one attached hydrogen (secondary N) is 2. The molecule has 26 heavy (non-hydrogen) atoms. The van der Waals surface area contributed by atoms with E-state index in [9.17, 15) is 9.59 Å². The Labute approximate surface area is 156 Å². The van der Waals surface area contributed by atoms with Crippen molar-refractivity contribution in [2.24, 2.45) is 0 Å². The lowest BCUT2D eigenvalue weighted by molar-refractivity contribution is -0.130. The lowest BCUT2D eigenvalue weighted by Gasteiger charge is -2.25. The Morgan fingerprint density at radius 1 is 1.23 bits per heavy atom. The van der Waals surface area contributed by atoms with E-state index >= 15 is 0 Å². The predicted molar refractivity (Wildman–Crippen MR) is 103 cm³/mol. The highest BCUT2D eigenvalue weighted by Gasteiger charge is 2.18. The van der Waals surface area contributed by atoms with Crippen LogP contribution in [0.15, 0.2) is 24.3 Å². The summed E-state index contributed by atoms with van der Waals surface area (Å²) in [7, 11) is 0. The lowest BCUT2D eigenvalue weighted by Crippen LogP contribution is -2.38. The van der Waals surface area contributed by atoms with E-state index in [0.29, 0.717) is 25.2 Å². The minimum Gasteiger partial charge on any atom is -0.488 e. The molecule has 1 aliphatic rings. The number of anilines is 1. The molecule has 0 bridgehead atoms. The SMILES string of the molecule is CC(=O)N(CCCNC(=O)Nc1ccccc1OC1CCCC1)C(C)C. The van der Waals surface area contributed by atoms with Crippen molar-refractivity contribution in [2.75, 3.05) is 18.4 Å². The largest absolute Gasteiger partial charge is 0.488 e. The van der Waals surface area contributed by atoms with E-state index in [-0.39, 0.29) is 24.1 Å². The third kappa shape index (κ3) is 6.24. The lowest BCUT2D eigenvalue weighted by atomic mass is 10.2. The summed E-state index contributed by atoms with van der Waals surface area (Å²) in [6, 6.07) is 7.44. The highest BCUT2D eigenvalue weighted by Crippen LogP contribution is 2.29. The van der Waals surface area contributed by atoms with Crippen LogP contribution in [0.2, 0.25) is 0 Å². The fraction of sp³-hybridized carbons (Fsp3) is 0.600. The van der Waals surface area contributed by atoms with E-state index in [4.69, 9.17) is 4.74 Å². The van der Waals surface area contributed by atoms with Crippen LogP contribution in [0.3, 0.4) is 0 Å². The molecule has 1 saturated carbocycles. The highest BCUT2D eigenvalue weighted by atomic mass is 16.5. The minimum atomic E-state index is -0.258. The number of carbonyl (C=O) groups excluding carboxylic acids is 2. The van der Waals surface area contributed by atoms with Gasteiger partial charge in [-0.05, 0) is 58.1 Å². The first-order valence-electron chi connectivity index (χ1n) is 9.55. The van der Waals surface area contributed by atoms with Crippen LogP contribution < -0.4 is 15.4 Å². The van der Waals surface area contributed by atoms with Crippen molar-refractivity contribution in [3.05, 3.63) is 24.3 Å². The Kier molecular flexibility index (Phi) is 7.75. The van der Waals surface area contributed by atoms with E-state index in [2.05, 4.69) is 10.6 Å². The molecule has 0 atom stereocenters. The number of urea groups is 1. The zero-order chi connectivity index (χ0) is 18.9. The molecule has 2 N–H and O–H groups in total. The fourth-order valence-electron chi connectivity index (χ4n) is 3.26. The van der Waals surface area contributed by atoms with Crippen LogP contribution in [0.5, 0.6) is 5.75 Å². The molecule has 144 valence electrons. The van der Waals surface area contributed by atoms with Gasteiger partial charge in [-0.1, -0.05) is 12.1 Å². The molecule has 3 amide bonds. The number of hydrogen-bond acceptors (Lipinski definition) is 3. The average molecular weight is 361 g/mol. The quantitative estimate of drug-likeness (QED) is 0.692. The molecule has 1 aliphatic carbocycles. The Balaban J connectivity index is 1.78. The second kappa shape index (κ2) is 10.0. The zero-order valence-corrected chi connectivity index (χ0v) is 16.1. The van der Waals surface area contributed by atoms with Crippen molar-refractivity contribution >= 4 is 17.6 Å². The molecular formula is C20H31N3O3. The average Bonchev–Trinajstić information content (AvgIpc) is 3.09. The number of amides is 3. The van der Waals surface area contributed by atoms with Gasteiger partial charge in [-0.15, -0.1) is 0 Å². The van der Waals surface area contributed by atoms with E-state index in [1.165, 1.54) is 12.8 Å². The summed E-state index contributed by atoms with van der Waals surface area (Å²) >= 11 is 0. The van der Waals surface area contributed by atoms with Gasteiger partial charge in [-0.3, -0.25) is 4.79 Å². The summed E-state index contributed by atoms with van der Waals surface area (Å²) in [6.07, 6.45) is 5.51. The maximum Gasteiger partial charge on any atom is 0.319 e. The second-order valence-corrected chi connectivity index (χ2v) is 7.06. The molecule has 0 heterocycles. The van der Waals surface area contributed by atoms with E-state index in [1.807, 2.05) is 38.1 Å². The summed E-state index contributed by atoms with van der Waals surface area (Å²) in [6.45, 7) is 6.69. The van der Waals surface area contributed by atoms with Crippen LogP contribution in [0.25, 0.3) is 0 Å². The fourth-order valence-corrected chi connectivity index (χ4v) is 3.26. The van der Waals surface area contributed by atoms with Gasteiger partial charge in [0.1, 0.15) is 5.75 Å². The van der Waals surface area contributed by atoms with Gasteiger partial charge in [0, 0.05) is 26.1 Å². The summed E-state index contributed by atoms with van der Waals surface area (Å²) in [5.74, 6) is 0.777. The molecule has 0 radical (unpaired) electrons. The Morgan fingerprint density at radius 2 is 1.92 bits per heavy atom. The summed E-state index contributed by atoms with van der Waals surface area (Å²) in [4.78, 5) is 25.5. The molecule has 1 fully saturated rings. The second-order valence-electron chi connectivity index (χ2n) is 7.06. The predicted octanol–water partition coefficient (Wildman–Crippen LogP) is 3.78. The van der Waals surface area contributed by atoms with Crippen LogP contribution >= 0.6 is 0 Å². The van der Waals surface area contributed by atoms with Crippen molar-refractivity contribution in [3.8, 4) is 5.75 Å². The molecule has 6 nitrogen and oxygen atoms in total.